The van der Waals surface area contributed by atoms with Gasteiger partial charge in [-0.1, -0.05) is 6.92 Å². The van der Waals surface area contributed by atoms with Gasteiger partial charge in [0.2, 0.25) is 0 Å². The van der Waals surface area contributed by atoms with Crippen molar-refractivity contribution in [2.75, 3.05) is 33.9 Å². The van der Waals surface area contributed by atoms with Crippen molar-refractivity contribution in [2.45, 2.75) is 26.2 Å². The summed E-state index contributed by atoms with van der Waals surface area (Å²) in [6.07, 6.45) is 2.91. The van der Waals surface area contributed by atoms with Crippen molar-refractivity contribution >= 4 is 6.03 Å². The molecule has 1 aromatic rings. The van der Waals surface area contributed by atoms with Gasteiger partial charge < -0.3 is 19.7 Å². The number of urea groups is 1. The number of rotatable bonds is 5. The van der Waals surface area contributed by atoms with Crippen LogP contribution in [0.4, 0.5) is 4.79 Å². The first-order valence-corrected chi connectivity index (χ1v) is 7.87. The minimum absolute atomic E-state index is 0.0359. The molecule has 0 aromatic heterocycles. The van der Waals surface area contributed by atoms with Crippen LogP contribution in [0.1, 0.15) is 25.3 Å². The van der Waals surface area contributed by atoms with Crippen LogP contribution in [-0.4, -0.2) is 44.8 Å². The number of hydrogen-bond donors (Lipinski definition) is 1. The van der Waals surface area contributed by atoms with E-state index in [1.165, 1.54) is 0 Å². The van der Waals surface area contributed by atoms with E-state index in [-0.39, 0.29) is 6.03 Å². The smallest absolute Gasteiger partial charge is 0.317 e. The number of piperidine rings is 1. The second-order valence-corrected chi connectivity index (χ2v) is 5.83. The van der Waals surface area contributed by atoms with E-state index in [2.05, 4.69) is 12.2 Å². The molecule has 1 aliphatic rings. The lowest BCUT2D eigenvalue weighted by atomic mass is 10.00. The van der Waals surface area contributed by atoms with Crippen molar-refractivity contribution in [1.82, 2.24) is 10.2 Å². The number of carbonyl (C=O) groups is 1. The number of amides is 2. The van der Waals surface area contributed by atoms with Gasteiger partial charge in [-0.2, -0.15) is 0 Å². The average molecular weight is 306 g/mol. The molecule has 1 N–H and O–H groups in total. The molecule has 122 valence electrons. The highest BCUT2D eigenvalue weighted by atomic mass is 16.5. The fourth-order valence-corrected chi connectivity index (χ4v) is 2.70. The van der Waals surface area contributed by atoms with Gasteiger partial charge in [0, 0.05) is 19.6 Å². The third-order valence-electron chi connectivity index (χ3n) is 4.23. The summed E-state index contributed by atoms with van der Waals surface area (Å²) in [5, 5.41) is 3.00. The highest BCUT2D eigenvalue weighted by Gasteiger charge is 2.19. The van der Waals surface area contributed by atoms with Crippen LogP contribution in [0.5, 0.6) is 11.5 Å². The second-order valence-electron chi connectivity index (χ2n) is 5.83. The molecule has 1 saturated heterocycles. The zero-order valence-electron chi connectivity index (χ0n) is 13.7. The monoisotopic (exact) mass is 306 g/mol. The topological polar surface area (TPSA) is 50.8 Å². The number of ether oxygens (including phenoxy) is 2. The molecule has 0 bridgehead atoms. The molecule has 2 amide bonds. The Morgan fingerprint density at radius 3 is 2.64 bits per heavy atom. The molecule has 0 aliphatic carbocycles. The number of carbonyl (C=O) groups excluding carboxylic acids is 1. The van der Waals surface area contributed by atoms with E-state index in [4.69, 9.17) is 9.47 Å². The standard InChI is InChI=1S/C17H26N2O3/c1-13-7-10-19(11-8-13)17(20)18-9-6-14-12-15(21-2)4-5-16(14)22-3/h4-5,12-13H,6-11H2,1-3H3,(H,18,20). The fourth-order valence-electron chi connectivity index (χ4n) is 2.70. The van der Waals surface area contributed by atoms with Crippen LogP contribution < -0.4 is 14.8 Å². The maximum atomic E-state index is 12.1. The molecular weight excluding hydrogens is 280 g/mol. The Balaban J connectivity index is 1.84. The van der Waals surface area contributed by atoms with Crippen LogP contribution in [0.25, 0.3) is 0 Å². The summed E-state index contributed by atoms with van der Waals surface area (Å²) in [6, 6.07) is 5.75. The molecule has 0 atom stereocenters. The van der Waals surface area contributed by atoms with Crippen molar-refractivity contribution in [3.63, 3.8) is 0 Å². The minimum Gasteiger partial charge on any atom is -0.497 e. The van der Waals surface area contributed by atoms with E-state index in [0.29, 0.717) is 6.54 Å². The second kappa shape index (κ2) is 7.92. The Bertz CT molecular complexity index is 497. The highest BCUT2D eigenvalue weighted by molar-refractivity contribution is 5.74. The quantitative estimate of drug-likeness (QED) is 0.910. The fraction of sp³-hybridized carbons (Fsp3) is 0.588. The summed E-state index contributed by atoms with van der Waals surface area (Å²) in [7, 11) is 3.30. The highest BCUT2D eigenvalue weighted by Crippen LogP contribution is 2.24. The van der Waals surface area contributed by atoms with E-state index in [0.717, 1.165) is 55.3 Å². The Morgan fingerprint density at radius 2 is 2.00 bits per heavy atom. The van der Waals surface area contributed by atoms with Crippen molar-refractivity contribution in [2.24, 2.45) is 5.92 Å². The summed E-state index contributed by atoms with van der Waals surface area (Å²) in [6.45, 7) is 4.55. The molecule has 0 spiro atoms. The molecule has 0 saturated carbocycles. The first kappa shape index (κ1) is 16.5. The molecule has 22 heavy (non-hydrogen) atoms. The number of methoxy groups -OCH3 is 2. The molecule has 5 nitrogen and oxygen atoms in total. The van der Waals surface area contributed by atoms with Crippen LogP contribution in [0.15, 0.2) is 18.2 Å². The van der Waals surface area contributed by atoms with Gasteiger partial charge in [-0.25, -0.2) is 4.79 Å². The molecule has 1 fully saturated rings. The normalized spacial score (nSPS) is 15.5. The Morgan fingerprint density at radius 1 is 1.27 bits per heavy atom. The van der Waals surface area contributed by atoms with Crippen LogP contribution in [-0.2, 0) is 6.42 Å². The maximum Gasteiger partial charge on any atom is 0.317 e. The Labute approximate surface area is 132 Å². The van der Waals surface area contributed by atoms with E-state index in [1.807, 2.05) is 23.1 Å². The molecule has 1 aromatic carbocycles. The van der Waals surface area contributed by atoms with Gasteiger partial charge in [-0.15, -0.1) is 0 Å². The van der Waals surface area contributed by atoms with E-state index >= 15 is 0 Å². The van der Waals surface area contributed by atoms with Crippen molar-refractivity contribution < 1.29 is 14.3 Å². The van der Waals surface area contributed by atoms with Gasteiger partial charge in [-0.3, -0.25) is 0 Å². The molecule has 0 unspecified atom stereocenters. The van der Waals surface area contributed by atoms with E-state index < -0.39 is 0 Å². The summed E-state index contributed by atoms with van der Waals surface area (Å²) in [5.74, 6) is 2.35. The Hall–Kier alpha value is -1.91. The van der Waals surface area contributed by atoms with Gasteiger partial charge >= 0.3 is 6.03 Å². The van der Waals surface area contributed by atoms with E-state index in [1.54, 1.807) is 14.2 Å². The third kappa shape index (κ3) is 4.29. The molecule has 0 radical (unpaired) electrons. The van der Waals surface area contributed by atoms with Crippen LogP contribution in [0.3, 0.4) is 0 Å². The lowest BCUT2D eigenvalue weighted by molar-refractivity contribution is 0.174. The Kier molecular flexibility index (Phi) is 5.92. The first-order chi connectivity index (χ1) is 10.6. The summed E-state index contributed by atoms with van der Waals surface area (Å²) in [4.78, 5) is 14.0. The minimum atomic E-state index is 0.0359. The molecular formula is C17H26N2O3. The summed E-state index contributed by atoms with van der Waals surface area (Å²) >= 11 is 0. The van der Waals surface area contributed by atoms with Crippen molar-refractivity contribution in [3.8, 4) is 11.5 Å². The number of hydrogen-bond acceptors (Lipinski definition) is 3. The summed E-state index contributed by atoms with van der Waals surface area (Å²) in [5.41, 5.74) is 1.04. The summed E-state index contributed by atoms with van der Waals surface area (Å²) < 4.78 is 10.6. The van der Waals surface area contributed by atoms with Crippen LogP contribution >= 0.6 is 0 Å². The van der Waals surface area contributed by atoms with Gasteiger partial charge in [0.25, 0.3) is 0 Å². The number of benzene rings is 1. The number of nitrogens with one attached hydrogen (secondary N) is 1. The molecule has 1 aliphatic heterocycles. The SMILES string of the molecule is COc1ccc(OC)c(CCNC(=O)N2CCC(C)CC2)c1. The van der Waals surface area contributed by atoms with E-state index in [9.17, 15) is 4.79 Å². The number of nitrogens with zero attached hydrogens (tertiary/aromatic N) is 1. The van der Waals surface area contributed by atoms with Crippen LogP contribution in [0, 0.1) is 5.92 Å². The average Bonchev–Trinajstić information content (AvgIpc) is 2.55. The largest absolute Gasteiger partial charge is 0.497 e. The van der Waals surface area contributed by atoms with Gasteiger partial charge in [0.05, 0.1) is 14.2 Å². The molecule has 1 heterocycles. The lowest BCUT2D eigenvalue weighted by Crippen LogP contribution is -2.44. The van der Waals surface area contributed by atoms with Gasteiger partial charge in [-0.05, 0) is 48.9 Å². The van der Waals surface area contributed by atoms with Crippen LogP contribution in [0.2, 0.25) is 0 Å². The predicted octanol–water partition coefficient (Wildman–Crippen LogP) is 2.69. The lowest BCUT2D eigenvalue weighted by Gasteiger charge is -2.30. The molecule has 2 rings (SSSR count). The predicted molar refractivity (Wildman–Crippen MR) is 86.6 cm³/mol. The molecule has 5 heteroatoms. The first-order valence-electron chi connectivity index (χ1n) is 7.87. The van der Waals surface area contributed by atoms with Crippen molar-refractivity contribution in [3.05, 3.63) is 23.8 Å². The zero-order valence-corrected chi connectivity index (χ0v) is 13.7. The third-order valence-corrected chi connectivity index (χ3v) is 4.23. The zero-order chi connectivity index (χ0) is 15.9. The van der Waals surface area contributed by atoms with Crippen molar-refractivity contribution in [1.29, 1.82) is 0 Å². The number of likely N-dealkylation sites (tertiary alicyclic amines) is 1. The van der Waals surface area contributed by atoms with Gasteiger partial charge in [0.1, 0.15) is 11.5 Å². The van der Waals surface area contributed by atoms with Gasteiger partial charge in [0.15, 0.2) is 0 Å². The maximum absolute atomic E-state index is 12.1.